The topological polar surface area (TPSA) is 88.8 Å². The molecule has 0 N–H and O–H groups in total. The van der Waals surface area contributed by atoms with Crippen molar-refractivity contribution in [3.8, 4) is 12.1 Å². The summed E-state index contributed by atoms with van der Waals surface area (Å²) in [7, 11) is 2.14. The maximum Gasteiger partial charge on any atom is 0.318 e. The fourth-order valence-electron chi connectivity index (χ4n) is 6.22. The van der Waals surface area contributed by atoms with Crippen molar-refractivity contribution in [3.63, 3.8) is 0 Å². The lowest BCUT2D eigenvalue weighted by Gasteiger charge is -2.42. The van der Waals surface area contributed by atoms with E-state index >= 15 is 0 Å². The lowest BCUT2D eigenvalue weighted by Crippen LogP contribution is -2.55. The minimum Gasteiger partial charge on any atom is -0.462 e. The number of carbonyl (C=O) groups excluding carboxylic acids is 1. The molecule has 1 aromatic carbocycles. The molecule has 2 saturated heterocycles. The number of piperazine rings is 1. The first-order chi connectivity index (χ1) is 19.9. The Morgan fingerprint density at radius 1 is 1.17 bits per heavy atom. The summed E-state index contributed by atoms with van der Waals surface area (Å²) in [5.41, 5.74) is 5.95. The highest BCUT2D eigenvalue weighted by atomic mass is 79.9. The molecule has 1 amide bonds. The predicted octanol–water partition coefficient (Wildman–Crippen LogP) is 4.01. The van der Waals surface area contributed by atoms with Gasteiger partial charge in [0, 0.05) is 48.8 Å². The molecule has 0 unspecified atom stereocenters. The summed E-state index contributed by atoms with van der Waals surface area (Å²) in [5.74, 6) is 0.833. The summed E-state index contributed by atoms with van der Waals surface area (Å²) >= 11 is 3.34. The van der Waals surface area contributed by atoms with Crippen LogP contribution in [0.2, 0.25) is 0 Å². The van der Waals surface area contributed by atoms with E-state index in [1.54, 1.807) is 12.2 Å². The Bertz CT molecular complexity index is 1330. The number of ether oxygens (including phenoxy) is 1. The third-order valence-electron chi connectivity index (χ3n) is 8.76. The number of carbonyl (C=O) groups is 1. The van der Waals surface area contributed by atoms with E-state index in [1.165, 1.54) is 23.2 Å². The molecule has 4 heterocycles. The molecular formula is C31H40BrN7O2. The van der Waals surface area contributed by atoms with Gasteiger partial charge in [0.2, 0.25) is 5.91 Å². The Hall–Kier alpha value is -3.16. The molecule has 2 fully saturated rings. The average Bonchev–Trinajstić information content (AvgIpc) is 3.40. The maximum absolute atomic E-state index is 12.9. The highest BCUT2D eigenvalue weighted by molar-refractivity contribution is 9.09. The molecule has 3 aliphatic heterocycles. The summed E-state index contributed by atoms with van der Waals surface area (Å²) in [6, 6.07) is 9.33. The molecule has 0 radical (unpaired) electrons. The molecule has 41 heavy (non-hydrogen) atoms. The van der Waals surface area contributed by atoms with Crippen LogP contribution < -0.4 is 14.5 Å². The standard InChI is InChI=1S/C31H40BrN7O2/c1-22-7-4-9-28(23(22)2)37-16-12-26-27(20-37)34-31(41-21-25-8-6-15-36(25)3)35-30(26)38-17-18-39(24(19-38)11-14-33)29(40)10-5-13-32/h4-5,7,9-10,24-25H,6,8,11-13,15-21H2,1-3H3/b10-5+/t24-,25-/m0/s1. The number of benzene rings is 1. The van der Waals surface area contributed by atoms with Crippen LogP contribution in [-0.4, -0.2) is 89.5 Å². The number of likely N-dealkylation sites (N-methyl/N-ethyl adjacent to an activating group) is 1. The van der Waals surface area contributed by atoms with Gasteiger partial charge in [-0.2, -0.15) is 15.2 Å². The first-order valence-electron chi connectivity index (χ1n) is 14.6. The number of likely N-dealkylation sites (tertiary alicyclic amines) is 1. The summed E-state index contributed by atoms with van der Waals surface area (Å²) in [6.07, 6.45) is 6.78. The number of allylic oxidation sites excluding steroid dienone is 1. The van der Waals surface area contributed by atoms with Crippen LogP contribution in [0.3, 0.4) is 0 Å². The maximum atomic E-state index is 12.9. The lowest BCUT2D eigenvalue weighted by molar-refractivity contribution is -0.128. The Labute approximate surface area is 251 Å². The van der Waals surface area contributed by atoms with Crippen LogP contribution in [0.25, 0.3) is 0 Å². The number of anilines is 2. The Balaban J connectivity index is 1.44. The number of aryl methyl sites for hydroxylation is 1. The van der Waals surface area contributed by atoms with Crippen molar-refractivity contribution in [1.29, 1.82) is 5.26 Å². The van der Waals surface area contributed by atoms with Gasteiger partial charge in [-0.15, -0.1) is 0 Å². The molecule has 3 aliphatic rings. The third-order valence-corrected chi connectivity index (χ3v) is 9.13. The van der Waals surface area contributed by atoms with Gasteiger partial charge in [0.05, 0.1) is 30.8 Å². The molecule has 2 aromatic rings. The van der Waals surface area contributed by atoms with E-state index in [0.29, 0.717) is 50.2 Å². The largest absolute Gasteiger partial charge is 0.462 e. The second-order valence-corrected chi connectivity index (χ2v) is 11.9. The summed E-state index contributed by atoms with van der Waals surface area (Å²) < 4.78 is 6.28. The van der Waals surface area contributed by atoms with Crippen LogP contribution in [-0.2, 0) is 17.8 Å². The van der Waals surface area contributed by atoms with E-state index in [-0.39, 0.29) is 18.4 Å². The van der Waals surface area contributed by atoms with Crippen LogP contribution >= 0.6 is 15.9 Å². The SMILES string of the molecule is Cc1cccc(N2CCc3c(nc(OC[C@@H]4CCCN4C)nc3N3CCN(C(=O)/C=C/CBr)[C@@H](CC#N)C3)C2)c1C. The molecular weight excluding hydrogens is 582 g/mol. The first kappa shape index (κ1) is 29.3. The molecule has 0 saturated carbocycles. The minimum atomic E-state index is -0.210. The van der Waals surface area contributed by atoms with Gasteiger partial charge in [0.15, 0.2) is 0 Å². The number of rotatable bonds is 8. The van der Waals surface area contributed by atoms with E-state index in [2.05, 4.69) is 75.8 Å². The Morgan fingerprint density at radius 2 is 2.02 bits per heavy atom. The average molecular weight is 623 g/mol. The molecule has 218 valence electrons. The summed E-state index contributed by atoms with van der Waals surface area (Å²) in [5, 5.41) is 10.2. The first-order valence-corrected chi connectivity index (χ1v) is 15.7. The molecule has 10 heteroatoms. The van der Waals surface area contributed by atoms with Crippen LogP contribution in [0.4, 0.5) is 11.5 Å². The number of halogens is 1. The quantitative estimate of drug-likeness (QED) is 0.323. The van der Waals surface area contributed by atoms with Gasteiger partial charge in [-0.1, -0.05) is 34.1 Å². The van der Waals surface area contributed by atoms with Crippen LogP contribution in [0.15, 0.2) is 30.4 Å². The van der Waals surface area contributed by atoms with Gasteiger partial charge in [-0.05, 0) is 70.0 Å². The molecule has 0 spiro atoms. The van der Waals surface area contributed by atoms with E-state index in [0.717, 1.165) is 43.0 Å². The monoisotopic (exact) mass is 621 g/mol. The summed E-state index contributed by atoms with van der Waals surface area (Å²) in [6.45, 7) is 9.28. The second kappa shape index (κ2) is 13.2. The minimum absolute atomic E-state index is 0.0528. The number of amides is 1. The fourth-order valence-corrected chi connectivity index (χ4v) is 6.40. The Kier molecular flexibility index (Phi) is 9.46. The number of aromatic nitrogens is 2. The lowest BCUT2D eigenvalue weighted by atomic mass is 10.0. The predicted molar refractivity (Wildman–Crippen MR) is 165 cm³/mol. The molecule has 0 aliphatic carbocycles. The van der Waals surface area contributed by atoms with Gasteiger partial charge in [-0.3, -0.25) is 4.79 Å². The molecule has 1 aromatic heterocycles. The van der Waals surface area contributed by atoms with Crippen molar-refractivity contribution in [2.75, 3.05) is 61.5 Å². The van der Waals surface area contributed by atoms with Crippen LogP contribution in [0.5, 0.6) is 6.01 Å². The van der Waals surface area contributed by atoms with Crippen LogP contribution in [0.1, 0.15) is 41.6 Å². The molecule has 0 bridgehead atoms. The zero-order chi connectivity index (χ0) is 28.9. The second-order valence-electron chi connectivity index (χ2n) is 11.3. The van der Waals surface area contributed by atoms with Crippen molar-refractivity contribution in [3.05, 3.63) is 52.7 Å². The van der Waals surface area contributed by atoms with Crippen molar-refractivity contribution in [2.24, 2.45) is 0 Å². The van der Waals surface area contributed by atoms with Crippen molar-refractivity contribution in [2.45, 2.75) is 58.2 Å². The number of nitrogens with zero attached hydrogens (tertiary/aromatic N) is 7. The Morgan fingerprint density at radius 3 is 2.78 bits per heavy atom. The number of alkyl halides is 1. The number of fused-ring (bicyclic) bond motifs is 1. The number of nitriles is 1. The van der Waals surface area contributed by atoms with Gasteiger partial charge < -0.3 is 24.3 Å². The van der Waals surface area contributed by atoms with Gasteiger partial charge >= 0.3 is 6.01 Å². The van der Waals surface area contributed by atoms with E-state index in [1.807, 2.05) is 4.90 Å². The third kappa shape index (κ3) is 6.52. The van der Waals surface area contributed by atoms with Gasteiger partial charge in [0.1, 0.15) is 12.4 Å². The van der Waals surface area contributed by atoms with E-state index < -0.39 is 0 Å². The van der Waals surface area contributed by atoms with E-state index in [9.17, 15) is 10.1 Å². The number of hydrogen-bond donors (Lipinski definition) is 0. The van der Waals surface area contributed by atoms with Crippen molar-refractivity contribution < 1.29 is 9.53 Å². The summed E-state index contributed by atoms with van der Waals surface area (Å²) in [4.78, 5) is 31.6. The highest BCUT2D eigenvalue weighted by Gasteiger charge is 2.33. The van der Waals surface area contributed by atoms with E-state index in [4.69, 9.17) is 14.7 Å². The zero-order valence-electron chi connectivity index (χ0n) is 24.4. The van der Waals surface area contributed by atoms with Gasteiger partial charge in [-0.25, -0.2) is 0 Å². The molecule has 5 rings (SSSR count). The fraction of sp³-hybridized carbons (Fsp3) is 0.548. The zero-order valence-corrected chi connectivity index (χ0v) is 25.9. The highest BCUT2D eigenvalue weighted by Crippen LogP contribution is 2.34. The normalized spacial score (nSPS) is 21.3. The molecule has 9 nitrogen and oxygen atoms in total. The molecule has 2 atom stereocenters. The van der Waals surface area contributed by atoms with Crippen LogP contribution in [0, 0.1) is 25.2 Å². The van der Waals surface area contributed by atoms with Crippen molar-refractivity contribution >= 4 is 33.3 Å². The number of hydrogen-bond acceptors (Lipinski definition) is 8. The smallest absolute Gasteiger partial charge is 0.318 e. The van der Waals surface area contributed by atoms with Crippen molar-refractivity contribution in [1.82, 2.24) is 19.8 Å². The van der Waals surface area contributed by atoms with Gasteiger partial charge in [0.25, 0.3) is 0 Å².